The topological polar surface area (TPSA) is 68.7 Å². The predicted molar refractivity (Wildman–Crippen MR) is 72.3 cm³/mol. The van der Waals surface area contributed by atoms with E-state index in [1.54, 1.807) is 33.2 Å². The number of amides is 1. The Morgan fingerprint density at radius 3 is 2.58 bits per heavy atom. The number of carbonyl (C=O) groups excluding carboxylic acids is 2. The van der Waals surface area contributed by atoms with E-state index < -0.39 is 17.7 Å². The van der Waals surface area contributed by atoms with Crippen molar-refractivity contribution < 1.29 is 19.1 Å². The molecule has 0 spiro atoms. The van der Waals surface area contributed by atoms with E-state index in [0.29, 0.717) is 5.00 Å². The highest BCUT2D eigenvalue weighted by Gasteiger charge is 2.26. The second-order valence-corrected chi connectivity index (χ2v) is 5.58. The first-order chi connectivity index (χ1) is 8.83. The van der Waals surface area contributed by atoms with Gasteiger partial charge in [0.25, 0.3) is 0 Å². The number of thiazole rings is 1. The maximum absolute atomic E-state index is 12.1. The van der Waals surface area contributed by atoms with Crippen molar-refractivity contribution in [3.05, 3.63) is 11.7 Å². The van der Waals surface area contributed by atoms with Gasteiger partial charge in [0.2, 0.25) is 0 Å². The van der Waals surface area contributed by atoms with Crippen LogP contribution in [0.1, 0.15) is 27.7 Å². The third kappa shape index (κ3) is 5.25. The molecule has 0 atom stereocenters. The summed E-state index contributed by atoms with van der Waals surface area (Å²) in [5.74, 6) is -0.484. The number of rotatable bonds is 4. The van der Waals surface area contributed by atoms with Crippen LogP contribution in [-0.4, -0.2) is 35.8 Å². The van der Waals surface area contributed by atoms with E-state index >= 15 is 0 Å². The van der Waals surface area contributed by atoms with Gasteiger partial charge in [-0.05, 0) is 27.7 Å². The zero-order valence-corrected chi connectivity index (χ0v) is 12.3. The molecule has 0 bridgehead atoms. The summed E-state index contributed by atoms with van der Waals surface area (Å²) in [6.07, 6.45) is 0.915. The molecular formula is C12H18N2O4S. The Balaban J connectivity index is 2.81. The summed E-state index contributed by atoms with van der Waals surface area (Å²) in [6, 6.07) is 0. The van der Waals surface area contributed by atoms with Crippen molar-refractivity contribution in [3.63, 3.8) is 0 Å². The first kappa shape index (κ1) is 15.4. The molecule has 1 rings (SSSR count). The van der Waals surface area contributed by atoms with Crippen LogP contribution in [0.15, 0.2) is 11.7 Å². The van der Waals surface area contributed by atoms with Crippen LogP contribution in [0.25, 0.3) is 0 Å². The minimum absolute atomic E-state index is 0.190. The van der Waals surface area contributed by atoms with Crippen LogP contribution >= 0.6 is 11.3 Å². The molecule has 1 aromatic rings. The predicted octanol–water partition coefficient (Wildman–Crippen LogP) is 2.45. The maximum Gasteiger partial charge on any atom is 0.416 e. The Hall–Kier alpha value is -1.63. The molecule has 0 aromatic carbocycles. The van der Waals surface area contributed by atoms with Gasteiger partial charge < -0.3 is 9.47 Å². The molecule has 6 nitrogen and oxygen atoms in total. The summed E-state index contributed by atoms with van der Waals surface area (Å²) in [4.78, 5) is 28.7. The number of hydrogen-bond acceptors (Lipinski definition) is 6. The molecule has 0 saturated heterocycles. The first-order valence-electron chi connectivity index (χ1n) is 5.88. The van der Waals surface area contributed by atoms with Crippen LogP contribution in [0.3, 0.4) is 0 Å². The van der Waals surface area contributed by atoms with Gasteiger partial charge in [0.05, 0.1) is 18.3 Å². The van der Waals surface area contributed by atoms with Crippen LogP contribution in [0.2, 0.25) is 0 Å². The van der Waals surface area contributed by atoms with Crippen LogP contribution in [0, 0.1) is 0 Å². The fraction of sp³-hybridized carbons (Fsp3) is 0.583. The van der Waals surface area contributed by atoms with Gasteiger partial charge in [-0.1, -0.05) is 0 Å². The Morgan fingerprint density at radius 2 is 2.11 bits per heavy atom. The van der Waals surface area contributed by atoms with Gasteiger partial charge in [-0.15, -0.1) is 11.3 Å². The van der Waals surface area contributed by atoms with Gasteiger partial charge >= 0.3 is 12.1 Å². The average Bonchev–Trinajstić information content (AvgIpc) is 2.76. The molecule has 0 radical (unpaired) electrons. The summed E-state index contributed by atoms with van der Waals surface area (Å²) >= 11 is 1.25. The molecule has 1 amide bonds. The molecule has 7 heteroatoms. The van der Waals surface area contributed by atoms with Crippen molar-refractivity contribution >= 4 is 28.4 Å². The zero-order valence-electron chi connectivity index (χ0n) is 11.5. The van der Waals surface area contributed by atoms with Gasteiger partial charge in [0, 0.05) is 0 Å². The number of ether oxygens (including phenoxy) is 2. The lowest BCUT2D eigenvalue weighted by Gasteiger charge is -2.25. The number of anilines is 1. The summed E-state index contributed by atoms with van der Waals surface area (Å²) in [6.45, 7) is 7.08. The summed E-state index contributed by atoms with van der Waals surface area (Å²) in [5, 5.41) is 0.544. The van der Waals surface area contributed by atoms with Gasteiger partial charge in [-0.3, -0.25) is 14.7 Å². The largest absolute Gasteiger partial charge is 0.465 e. The maximum atomic E-state index is 12.1. The Morgan fingerprint density at radius 1 is 1.42 bits per heavy atom. The highest BCUT2D eigenvalue weighted by atomic mass is 32.1. The quantitative estimate of drug-likeness (QED) is 0.795. The van der Waals surface area contributed by atoms with E-state index in [0.717, 1.165) is 0 Å². The van der Waals surface area contributed by atoms with Crippen LogP contribution < -0.4 is 4.90 Å². The standard InChI is InChI=1S/C12H18N2O4S/c1-5-17-10(15)7-14(9-6-13-8-19-9)11(16)18-12(2,3)4/h6,8H,5,7H2,1-4H3. The van der Waals surface area contributed by atoms with E-state index in [1.165, 1.54) is 22.4 Å². The molecule has 0 saturated carbocycles. The van der Waals surface area contributed by atoms with E-state index in [1.807, 2.05) is 0 Å². The molecule has 0 aliphatic carbocycles. The summed E-state index contributed by atoms with van der Waals surface area (Å²) < 4.78 is 10.1. The van der Waals surface area contributed by atoms with Crippen molar-refractivity contribution in [1.29, 1.82) is 0 Å². The molecular weight excluding hydrogens is 268 g/mol. The number of nitrogens with zero attached hydrogens (tertiary/aromatic N) is 2. The van der Waals surface area contributed by atoms with E-state index in [-0.39, 0.29) is 13.2 Å². The van der Waals surface area contributed by atoms with E-state index in [4.69, 9.17) is 9.47 Å². The third-order valence-corrected chi connectivity index (χ3v) is 2.69. The zero-order chi connectivity index (χ0) is 14.5. The molecule has 0 aliphatic rings. The van der Waals surface area contributed by atoms with Crippen molar-refractivity contribution in [2.75, 3.05) is 18.1 Å². The van der Waals surface area contributed by atoms with Crippen molar-refractivity contribution in [2.24, 2.45) is 0 Å². The normalized spacial score (nSPS) is 10.9. The lowest BCUT2D eigenvalue weighted by atomic mass is 10.2. The van der Waals surface area contributed by atoms with Crippen LogP contribution in [0.4, 0.5) is 9.80 Å². The monoisotopic (exact) mass is 286 g/mol. The molecule has 0 N–H and O–H groups in total. The fourth-order valence-electron chi connectivity index (χ4n) is 1.23. The van der Waals surface area contributed by atoms with Crippen LogP contribution in [0.5, 0.6) is 0 Å². The van der Waals surface area contributed by atoms with E-state index in [9.17, 15) is 9.59 Å². The lowest BCUT2D eigenvalue weighted by Crippen LogP contribution is -2.40. The SMILES string of the molecule is CCOC(=O)CN(C(=O)OC(C)(C)C)c1cncs1. The molecule has 1 heterocycles. The van der Waals surface area contributed by atoms with E-state index in [2.05, 4.69) is 4.98 Å². The Labute approximate surface area is 116 Å². The molecule has 0 aliphatic heterocycles. The van der Waals surface area contributed by atoms with Crippen molar-refractivity contribution in [3.8, 4) is 0 Å². The smallest absolute Gasteiger partial charge is 0.416 e. The van der Waals surface area contributed by atoms with Gasteiger partial charge in [-0.25, -0.2) is 4.79 Å². The van der Waals surface area contributed by atoms with Gasteiger partial charge in [0.15, 0.2) is 0 Å². The fourth-order valence-corrected chi connectivity index (χ4v) is 1.85. The van der Waals surface area contributed by atoms with Gasteiger partial charge in [-0.2, -0.15) is 0 Å². The second kappa shape index (κ2) is 6.51. The Kier molecular flexibility index (Phi) is 5.29. The third-order valence-electron chi connectivity index (χ3n) is 1.89. The molecule has 0 fully saturated rings. The van der Waals surface area contributed by atoms with Crippen LogP contribution in [-0.2, 0) is 14.3 Å². The number of carbonyl (C=O) groups is 2. The first-order valence-corrected chi connectivity index (χ1v) is 6.76. The average molecular weight is 286 g/mol. The minimum atomic E-state index is -0.630. The molecule has 19 heavy (non-hydrogen) atoms. The highest BCUT2D eigenvalue weighted by Crippen LogP contribution is 2.22. The molecule has 106 valence electrons. The lowest BCUT2D eigenvalue weighted by molar-refractivity contribution is -0.141. The minimum Gasteiger partial charge on any atom is -0.465 e. The van der Waals surface area contributed by atoms with Gasteiger partial charge in [0.1, 0.15) is 17.1 Å². The molecule has 1 aromatic heterocycles. The molecule has 0 unspecified atom stereocenters. The summed E-state index contributed by atoms with van der Waals surface area (Å²) in [5.41, 5.74) is 0.951. The number of aromatic nitrogens is 1. The van der Waals surface area contributed by atoms with Crippen molar-refractivity contribution in [1.82, 2.24) is 4.98 Å². The Bertz CT molecular complexity index is 425. The number of hydrogen-bond donors (Lipinski definition) is 0. The highest BCUT2D eigenvalue weighted by molar-refractivity contribution is 7.14. The number of esters is 1. The summed E-state index contributed by atoms with van der Waals surface area (Å²) in [7, 11) is 0. The van der Waals surface area contributed by atoms with Crippen molar-refractivity contribution in [2.45, 2.75) is 33.3 Å². The second-order valence-electron chi connectivity index (χ2n) is 4.71.